The summed E-state index contributed by atoms with van der Waals surface area (Å²) in [6.07, 6.45) is 3.06. The summed E-state index contributed by atoms with van der Waals surface area (Å²) in [6.45, 7) is 22.7. The van der Waals surface area contributed by atoms with Gasteiger partial charge in [-0.05, 0) is 10.8 Å². The Morgan fingerprint density at radius 1 is 0.586 bits per heavy atom. The maximum absolute atomic E-state index is 12.5. The Balaban J connectivity index is 0.000000305. The summed E-state index contributed by atoms with van der Waals surface area (Å²) in [6, 6.07) is 25.3. The summed E-state index contributed by atoms with van der Waals surface area (Å²) in [4.78, 5) is 0. The molecule has 0 amide bonds. The fraction of sp³-hybridized carbons (Fsp3) is 0.388. The molecule has 58 heavy (non-hydrogen) atoms. The molecule has 5 aromatic rings. The van der Waals surface area contributed by atoms with Crippen LogP contribution in [-0.4, -0.2) is 3.21 Å². The molecule has 0 aliphatic heterocycles. The number of hydrogen-bond acceptors (Lipinski definition) is 0. The van der Waals surface area contributed by atoms with Crippen LogP contribution in [0.5, 0.6) is 0 Å². The van der Waals surface area contributed by atoms with Crippen LogP contribution in [0.2, 0.25) is 0 Å². The molecule has 1 aliphatic carbocycles. The van der Waals surface area contributed by atoms with Crippen LogP contribution in [-0.2, 0) is 47.4 Å². The standard InChI is InChI=1S/C21H25.C15H8F6.C13H21.2ClH.Zr/c1-20(2,3)16-9-7-14-11-15-8-10-17(21(4,5)6)13-19(15)18(14)12-16;16-14(17,18)12-5-1-10(2-6-12)9-11-3-7-13(8-4-11)15(19,20)21;1-5-6-7-11-8-9-12(10-11)13(2,3)4;;;/h7-13H,1-6H3;1-8H;9-11H,5-7H2,1-4H3;2*1H;/q-1;;-1;;;+2/p-2. The van der Waals surface area contributed by atoms with Gasteiger partial charge in [0.25, 0.3) is 0 Å². The van der Waals surface area contributed by atoms with Gasteiger partial charge in [0.15, 0.2) is 0 Å². The molecule has 1 atom stereocenters. The van der Waals surface area contributed by atoms with E-state index in [-0.39, 0.29) is 35.6 Å². The van der Waals surface area contributed by atoms with Crippen LogP contribution in [0.1, 0.15) is 122 Å². The molecule has 1 unspecified atom stereocenters. The molecule has 0 spiro atoms. The number of fused-ring (bicyclic) bond motifs is 3. The van der Waals surface area contributed by atoms with Crippen LogP contribution in [0.25, 0.3) is 21.5 Å². The summed E-state index contributed by atoms with van der Waals surface area (Å²) < 4.78 is 75.6. The quantitative estimate of drug-likeness (QED) is 0.122. The minimum absolute atomic E-state index is 0. The van der Waals surface area contributed by atoms with Crippen LogP contribution < -0.4 is 24.8 Å². The predicted octanol–water partition coefficient (Wildman–Crippen LogP) is 9.29. The Bertz CT molecular complexity index is 2040. The maximum Gasteiger partial charge on any atom is -1.00 e. The monoisotopic (exact) mass is 916 g/mol. The van der Waals surface area contributed by atoms with E-state index >= 15 is 0 Å². The first-order valence-electron chi connectivity index (χ1n) is 19.2. The van der Waals surface area contributed by atoms with Crippen LogP contribution in [0, 0.1) is 17.4 Å². The van der Waals surface area contributed by atoms with Crippen molar-refractivity contribution in [1.29, 1.82) is 0 Å². The van der Waals surface area contributed by atoms with Crippen molar-refractivity contribution in [1.82, 2.24) is 0 Å². The molecule has 0 fully saturated rings. The van der Waals surface area contributed by atoms with E-state index in [1.165, 1.54) is 81.8 Å². The van der Waals surface area contributed by atoms with Gasteiger partial charge in [0.1, 0.15) is 0 Å². The molecule has 0 saturated heterocycles. The molecule has 0 saturated carbocycles. The third kappa shape index (κ3) is 13.8. The van der Waals surface area contributed by atoms with Crippen LogP contribution in [0.4, 0.5) is 26.3 Å². The molecule has 312 valence electrons. The van der Waals surface area contributed by atoms with Crippen LogP contribution in [0.3, 0.4) is 0 Å². The van der Waals surface area contributed by atoms with Gasteiger partial charge in [-0.1, -0.05) is 135 Å². The third-order valence-corrected chi connectivity index (χ3v) is 11.4. The first-order valence-corrected chi connectivity index (χ1v) is 20.4. The SMILES string of the molecule is CC(C)(C)c1ccc2[cH-]c3ccc(C(C)(C)C)cc3c2c1.CCCCC1[C-]=CC(C(C)(C)C)=C1.FC(F)(F)c1ccc([C](=[Zr+2])c2ccc(C(F)(F)F)cc2)cc1.[Cl-].[Cl-]. The number of benzene rings is 4. The van der Waals surface area contributed by atoms with Gasteiger partial charge >= 0.3 is 137 Å². The number of rotatable bonds is 5. The third-order valence-electron chi connectivity index (χ3n) is 10.0. The molecule has 6 rings (SSSR count). The average molecular weight is 919 g/mol. The van der Waals surface area contributed by atoms with E-state index in [1.807, 2.05) is 0 Å². The number of alkyl halides is 6. The Kier molecular flexibility index (Phi) is 17.8. The van der Waals surface area contributed by atoms with E-state index in [4.69, 9.17) is 0 Å². The molecule has 0 radical (unpaired) electrons. The molecule has 9 heteroatoms. The first-order chi connectivity index (χ1) is 25.8. The summed E-state index contributed by atoms with van der Waals surface area (Å²) in [5.41, 5.74) is 4.56. The zero-order valence-corrected chi connectivity index (χ0v) is 39.0. The minimum Gasteiger partial charge on any atom is -1.00 e. The zero-order valence-electron chi connectivity index (χ0n) is 35.0. The molecule has 0 N–H and O–H groups in total. The first kappa shape index (κ1) is 51.3. The Labute approximate surface area is 369 Å². The van der Waals surface area contributed by atoms with Gasteiger partial charge in [0.05, 0.1) is 0 Å². The second-order valence-electron chi connectivity index (χ2n) is 17.7. The van der Waals surface area contributed by atoms with Gasteiger partial charge in [-0.15, -0.1) is 39.7 Å². The molecule has 0 nitrogen and oxygen atoms in total. The van der Waals surface area contributed by atoms with E-state index < -0.39 is 23.5 Å². The van der Waals surface area contributed by atoms with Crippen molar-refractivity contribution in [2.75, 3.05) is 0 Å². The van der Waals surface area contributed by atoms with Gasteiger partial charge in [-0.3, -0.25) is 6.08 Å². The number of hydrogen-bond donors (Lipinski definition) is 0. The number of allylic oxidation sites excluding steroid dienone is 4. The smallest absolute Gasteiger partial charge is 1.00 e. The largest absolute Gasteiger partial charge is 1.00 e. The maximum atomic E-state index is 12.5. The van der Waals surface area contributed by atoms with Crippen molar-refractivity contribution in [2.45, 2.75) is 112 Å². The molecule has 1 aliphatic rings. The van der Waals surface area contributed by atoms with E-state index in [0.717, 1.165) is 48.5 Å². The topological polar surface area (TPSA) is 0 Å². The molecular formula is C49H54Cl2F6Zr-2. The summed E-state index contributed by atoms with van der Waals surface area (Å²) in [5, 5.41) is 5.49. The van der Waals surface area contributed by atoms with Crippen molar-refractivity contribution in [2.24, 2.45) is 11.3 Å². The van der Waals surface area contributed by atoms with E-state index in [1.54, 1.807) is 0 Å². The predicted molar refractivity (Wildman–Crippen MR) is 219 cm³/mol. The summed E-state index contributed by atoms with van der Waals surface area (Å²) >= 11 is 0.898. The van der Waals surface area contributed by atoms with Crippen molar-refractivity contribution in [3.63, 3.8) is 0 Å². The molecule has 0 heterocycles. The number of halogens is 8. The Morgan fingerprint density at radius 3 is 1.28 bits per heavy atom. The van der Waals surface area contributed by atoms with Crippen molar-refractivity contribution >= 4 is 24.8 Å². The normalized spacial score (nSPS) is 14.4. The van der Waals surface area contributed by atoms with E-state index in [9.17, 15) is 26.3 Å². The molecule has 0 bridgehead atoms. The molecular weight excluding hydrogens is 865 g/mol. The van der Waals surface area contributed by atoms with Gasteiger partial charge in [-0.2, -0.15) is 11.6 Å². The summed E-state index contributed by atoms with van der Waals surface area (Å²) in [5.74, 6) is 0.592. The fourth-order valence-electron chi connectivity index (χ4n) is 6.32. The van der Waals surface area contributed by atoms with E-state index in [2.05, 4.69) is 130 Å². The van der Waals surface area contributed by atoms with Gasteiger partial charge < -0.3 is 24.8 Å². The van der Waals surface area contributed by atoms with Crippen LogP contribution in [0.15, 0.2) is 109 Å². The average Bonchev–Trinajstić information content (AvgIpc) is 3.74. The van der Waals surface area contributed by atoms with Crippen molar-refractivity contribution < 1.29 is 75.4 Å². The molecule has 0 aromatic heterocycles. The fourth-order valence-corrected chi connectivity index (χ4v) is 7.14. The Hall–Kier alpha value is -2.86. The van der Waals surface area contributed by atoms with Crippen molar-refractivity contribution in [3.05, 3.63) is 148 Å². The minimum atomic E-state index is -4.41. The second kappa shape index (κ2) is 20.1. The summed E-state index contributed by atoms with van der Waals surface area (Å²) in [7, 11) is 0. The Morgan fingerprint density at radius 2 is 0.966 bits per heavy atom. The van der Waals surface area contributed by atoms with Crippen LogP contribution >= 0.6 is 0 Å². The van der Waals surface area contributed by atoms with E-state index in [0.29, 0.717) is 25.7 Å². The second-order valence-corrected chi connectivity index (χ2v) is 18.9. The van der Waals surface area contributed by atoms with Crippen molar-refractivity contribution in [3.8, 4) is 0 Å². The molecule has 5 aromatic carbocycles. The van der Waals surface area contributed by atoms with Gasteiger partial charge in [-0.25, -0.2) is 6.08 Å². The van der Waals surface area contributed by atoms with Gasteiger partial charge in [0, 0.05) is 0 Å². The van der Waals surface area contributed by atoms with Gasteiger partial charge in [0.2, 0.25) is 0 Å². The number of unbranched alkanes of at least 4 members (excludes halogenated alkanes) is 1. The zero-order chi connectivity index (χ0) is 41.9.